The molecule has 52 heavy (non-hydrogen) atoms. The van der Waals surface area contributed by atoms with Crippen molar-refractivity contribution in [2.75, 3.05) is 7.11 Å². The molecule has 1 aromatic heterocycles. The first-order valence-electron chi connectivity index (χ1n) is 16.9. The Balaban J connectivity index is 1.17. The molecule has 12 heteroatoms. The first kappa shape index (κ1) is 37.1. The van der Waals surface area contributed by atoms with Gasteiger partial charge < -0.3 is 34.5 Å². The minimum atomic E-state index is -0.831. The Kier molecular flexibility index (Phi) is 12.3. The number of carbonyl (C=O) groups is 2. The molecular formula is C40H40Cl2N4O6. The van der Waals surface area contributed by atoms with Gasteiger partial charge in [0.15, 0.2) is 11.4 Å². The third kappa shape index (κ3) is 9.01. The molecule has 4 aromatic carbocycles. The molecule has 1 fully saturated rings. The first-order chi connectivity index (χ1) is 25.2. The number of methoxy groups -OCH3 is 1. The lowest BCUT2D eigenvalue weighted by Crippen LogP contribution is -2.47. The van der Waals surface area contributed by atoms with Crippen molar-refractivity contribution in [3.8, 4) is 11.1 Å². The van der Waals surface area contributed by atoms with E-state index in [4.69, 9.17) is 37.4 Å². The number of amides is 2. The van der Waals surface area contributed by atoms with E-state index in [1.54, 1.807) is 10.9 Å². The number of nitrogens with one attached hydrogen (secondary N) is 2. The van der Waals surface area contributed by atoms with Crippen LogP contribution in [0.4, 0.5) is 4.79 Å². The number of aliphatic hydroxyl groups is 1. The molecule has 1 aliphatic rings. The predicted molar refractivity (Wildman–Crippen MR) is 198 cm³/mol. The molecule has 2 amide bonds. The number of hydrogen-bond donors (Lipinski definition) is 3. The highest BCUT2D eigenvalue weighted by Gasteiger charge is 2.39. The van der Waals surface area contributed by atoms with Crippen LogP contribution in [0, 0.1) is 5.92 Å². The van der Waals surface area contributed by atoms with E-state index in [1.807, 2.05) is 103 Å². The largest absolute Gasteiger partial charge is 0.467 e. The molecule has 0 bridgehead atoms. The van der Waals surface area contributed by atoms with Crippen molar-refractivity contribution in [1.82, 2.24) is 20.2 Å². The van der Waals surface area contributed by atoms with Crippen LogP contribution in [0.1, 0.15) is 47.1 Å². The van der Waals surface area contributed by atoms with Gasteiger partial charge in [-0.1, -0.05) is 121 Å². The van der Waals surface area contributed by atoms with Gasteiger partial charge in [0.25, 0.3) is 0 Å². The molecule has 0 aliphatic carbocycles. The van der Waals surface area contributed by atoms with Gasteiger partial charge in [0.1, 0.15) is 11.2 Å². The zero-order valence-electron chi connectivity index (χ0n) is 28.7. The van der Waals surface area contributed by atoms with Crippen LogP contribution in [-0.2, 0) is 45.1 Å². The maximum absolute atomic E-state index is 12.9. The second-order valence-electron chi connectivity index (χ2n) is 12.7. The summed E-state index contributed by atoms with van der Waals surface area (Å²) in [7, 11) is 1.30. The van der Waals surface area contributed by atoms with Crippen molar-refractivity contribution >= 4 is 35.2 Å². The van der Waals surface area contributed by atoms with E-state index in [2.05, 4.69) is 22.5 Å². The SMILES string of the molecule is COC(=O)[C@H](Cc1ccccc1)NC(=O)NCc1cccc(-c2cccc([C@H]3O[C@@H](Cn4cnc(Cl)c4Cl)[C@@H](C)[C@@H](c4ccc(CO)cc4)O3)c2)c1. The third-order valence-corrected chi connectivity index (χ3v) is 9.95. The van der Waals surface area contributed by atoms with Crippen LogP contribution >= 0.6 is 23.2 Å². The third-order valence-electron chi connectivity index (χ3n) is 9.18. The van der Waals surface area contributed by atoms with Crippen LogP contribution in [0.15, 0.2) is 109 Å². The maximum atomic E-state index is 12.9. The van der Waals surface area contributed by atoms with Crippen LogP contribution < -0.4 is 10.6 Å². The summed E-state index contributed by atoms with van der Waals surface area (Å²) in [6.07, 6.45) is 0.589. The molecule has 2 heterocycles. The number of hydrogen-bond acceptors (Lipinski definition) is 7. The van der Waals surface area contributed by atoms with Gasteiger partial charge in [0, 0.05) is 24.4 Å². The van der Waals surface area contributed by atoms with Crippen molar-refractivity contribution in [2.24, 2.45) is 5.92 Å². The van der Waals surface area contributed by atoms with Crippen molar-refractivity contribution in [3.63, 3.8) is 0 Å². The minimum Gasteiger partial charge on any atom is -0.467 e. The average molecular weight is 744 g/mol. The number of esters is 1. The molecule has 1 aliphatic heterocycles. The highest BCUT2D eigenvalue weighted by atomic mass is 35.5. The molecule has 10 nitrogen and oxygen atoms in total. The summed E-state index contributed by atoms with van der Waals surface area (Å²) in [6.45, 7) is 2.69. The van der Waals surface area contributed by atoms with Gasteiger partial charge in [-0.3, -0.25) is 0 Å². The number of rotatable bonds is 12. The fourth-order valence-corrected chi connectivity index (χ4v) is 6.61. The summed E-state index contributed by atoms with van der Waals surface area (Å²) < 4.78 is 20.0. The van der Waals surface area contributed by atoms with Crippen molar-refractivity contribution in [2.45, 2.75) is 57.6 Å². The number of aromatic nitrogens is 2. The summed E-state index contributed by atoms with van der Waals surface area (Å²) in [6, 6.07) is 31.7. The van der Waals surface area contributed by atoms with Crippen molar-refractivity contribution in [3.05, 3.63) is 148 Å². The Morgan fingerprint density at radius 2 is 1.60 bits per heavy atom. The molecule has 1 saturated heterocycles. The topological polar surface area (TPSA) is 124 Å². The van der Waals surface area contributed by atoms with Gasteiger partial charge in [-0.25, -0.2) is 14.6 Å². The maximum Gasteiger partial charge on any atom is 0.328 e. The van der Waals surface area contributed by atoms with Gasteiger partial charge >= 0.3 is 12.0 Å². The quantitative estimate of drug-likeness (QED) is 0.114. The van der Waals surface area contributed by atoms with E-state index in [0.717, 1.165) is 38.9 Å². The number of halogens is 2. The molecular weight excluding hydrogens is 703 g/mol. The lowest BCUT2D eigenvalue weighted by Gasteiger charge is -2.41. The first-order valence-corrected chi connectivity index (χ1v) is 17.7. The van der Waals surface area contributed by atoms with Gasteiger partial charge in [-0.15, -0.1) is 0 Å². The zero-order valence-corrected chi connectivity index (χ0v) is 30.3. The predicted octanol–water partition coefficient (Wildman–Crippen LogP) is 7.42. The Labute approximate surface area is 312 Å². The number of urea groups is 1. The van der Waals surface area contributed by atoms with E-state index in [9.17, 15) is 14.7 Å². The number of aliphatic hydroxyl groups excluding tert-OH is 1. The summed E-state index contributed by atoms with van der Waals surface area (Å²) >= 11 is 12.6. The Hall–Kier alpha value is -4.71. The van der Waals surface area contributed by atoms with Crippen LogP contribution in [-0.4, -0.2) is 45.9 Å². The van der Waals surface area contributed by atoms with E-state index in [1.165, 1.54) is 7.11 Å². The van der Waals surface area contributed by atoms with Crippen LogP contribution in [0.2, 0.25) is 10.3 Å². The number of nitrogens with zero attached hydrogens (tertiary/aromatic N) is 2. The number of ether oxygens (including phenoxy) is 3. The normalized spacial score (nSPS) is 19.1. The van der Waals surface area contributed by atoms with Gasteiger partial charge in [-0.2, -0.15) is 0 Å². The number of benzene rings is 4. The Morgan fingerprint density at radius 3 is 2.29 bits per heavy atom. The van der Waals surface area contributed by atoms with E-state index in [-0.39, 0.29) is 36.4 Å². The van der Waals surface area contributed by atoms with Crippen LogP contribution in [0.3, 0.4) is 0 Å². The van der Waals surface area contributed by atoms with Crippen LogP contribution in [0.5, 0.6) is 0 Å². The van der Waals surface area contributed by atoms with Gasteiger partial charge in [-0.05, 0) is 45.5 Å². The fourth-order valence-electron chi connectivity index (χ4n) is 6.29. The summed E-state index contributed by atoms with van der Waals surface area (Å²) in [4.78, 5) is 29.4. The van der Waals surface area contributed by atoms with Crippen LogP contribution in [0.25, 0.3) is 11.1 Å². The highest BCUT2D eigenvalue weighted by Crippen LogP contribution is 2.43. The fraction of sp³-hybridized carbons (Fsp3) is 0.275. The molecule has 0 radical (unpaired) electrons. The standard InChI is InChI=1S/C40H40Cl2N4O6/c1-25-34(22-46-24-44-36(41)37(46)42)51-39(52-35(25)29-16-14-27(23-47)15-17-29)32-13-7-12-31(20-32)30-11-6-10-28(18-30)21-43-40(49)45-33(38(48)50-2)19-26-8-4-3-5-9-26/h3-18,20,24-25,33-35,39,47H,19,21-23H2,1-2H3,(H2,43,45,49)/t25-,33+,34+,35+,39+/m1/s1. The summed E-state index contributed by atoms with van der Waals surface area (Å²) in [5.41, 5.74) is 6.27. The van der Waals surface area contributed by atoms with Crippen molar-refractivity contribution < 1.29 is 28.9 Å². The molecule has 5 atom stereocenters. The molecule has 0 saturated carbocycles. The van der Waals surface area contributed by atoms with Gasteiger partial charge in [0.2, 0.25) is 0 Å². The molecule has 3 N–H and O–H groups in total. The second kappa shape index (κ2) is 17.2. The van der Waals surface area contributed by atoms with E-state index < -0.39 is 24.3 Å². The highest BCUT2D eigenvalue weighted by molar-refractivity contribution is 6.40. The van der Waals surface area contributed by atoms with E-state index >= 15 is 0 Å². The second-order valence-corrected chi connectivity index (χ2v) is 13.4. The number of carbonyl (C=O) groups excluding carboxylic acids is 2. The summed E-state index contributed by atoms with van der Waals surface area (Å²) in [5, 5.41) is 15.8. The Morgan fingerprint density at radius 1 is 0.885 bits per heavy atom. The smallest absolute Gasteiger partial charge is 0.328 e. The average Bonchev–Trinajstić information content (AvgIpc) is 3.50. The number of imidazole rings is 1. The zero-order chi connectivity index (χ0) is 36.6. The molecule has 5 aromatic rings. The summed E-state index contributed by atoms with van der Waals surface area (Å²) in [5.74, 6) is -0.590. The molecule has 0 spiro atoms. The van der Waals surface area contributed by atoms with E-state index in [0.29, 0.717) is 18.1 Å². The molecule has 270 valence electrons. The monoisotopic (exact) mass is 742 g/mol. The lowest BCUT2D eigenvalue weighted by atomic mass is 9.90. The molecule has 0 unspecified atom stereocenters. The molecule has 6 rings (SSSR count). The van der Waals surface area contributed by atoms with Gasteiger partial charge in [0.05, 0.1) is 38.8 Å². The lowest BCUT2D eigenvalue weighted by molar-refractivity contribution is -0.276. The van der Waals surface area contributed by atoms with Crippen molar-refractivity contribution in [1.29, 1.82) is 0 Å². The minimum absolute atomic E-state index is 0.0442. The Bertz CT molecular complexity index is 1970.